The number of nitrogens with one attached hydrogen (secondary N) is 1. The summed E-state index contributed by atoms with van der Waals surface area (Å²) < 4.78 is 7.38. The predicted molar refractivity (Wildman–Crippen MR) is 89.2 cm³/mol. The summed E-state index contributed by atoms with van der Waals surface area (Å²) >= 11 is 0. The van der Waals surface area contributed by atoms with Gasteiger partial charge in [-0.1, -0.05) is 0 Å². The molecule has 1 N–H and O–H groups in total. The quantitative estimate of drug-likeness (QED) is 0.934. The smallest absolute Gasteiger partial charge is 0.322 e. The molecule has 2 aromatic rings. The van der Waals surface area contributed by atoms with E-state index in [4.69, 9.17) is 4.74 Å². The molecule has 0 saturated carbocycles. The highest BCUT2D eigenvalue weighted by Gasteiger charge is 2.24. The number of rotatable bonds is 3. The number of carbonyl (C=O) groups excluding carboxylic acids is 1. The molecule has 7 nitrogen and oxygen atoms in total. The highest BCUT2D eigenvalue weighted by atomic mass is 16.5. The standard InChI is InChI=1S/C17H21N5O2/c1-24-13-6-7-14-12(10-13)4-2-8-21(14)17(23)18-11-16-20-19-15-5-3-9-22(15)16/h6-7,10H,2-5,8-9,11H2,1H3,(H,18,23). The fourth-order valence-electron chi connectivity index (χ4n) is 3.50. The Labute approximate surface area is 140 Å². The van der Waals surface area contributed by atoms with Crippen LogP contribution in [0.1, 0.15) is 30.1 Å². The first kappa shape index (κ1) is 15.0. The number of anilines is 1. The Morgan fingerprint density at radius 3 is 3.00 bits per heavy atom. The van der Waals surface area contributed by atoms with Crippen molar-refractivity contribution in [3.05, 3.63) is 35.4 Å². The van der Waals surface area contributed by atoms with Crippen LogP contribution in [0.3, 0.4) is 0 Å². The molecule has 2 aliphatic rings. The molecule has 1 aromatic heterocycles. The van der Waals surface area contributed by atoms with Gasteiger partial charge in [0.15, 0.2) is 5.82 Å². The van der Waals surface area contributed by atoms with E-state index in [1.54, 1.807) is 12.0 Å². The number of hydrogen-bond acceptors (Lipinski definition) is 4. The number of urea groups is 1. The number of benzene rings is 1. The van der Waals surface area contributed by atoms with Crippen molar-refractivity contribution >= 4 is 11.7 Å². The minimum absolute atomic E-state index is 0.0866. The Bertz CT molecular complexity index is 770. The molecule has 0 aliphatic carbocycles. The lowest BCUT2D eigenvalue weighted by Crippen LogP contribution is -2.42. The van der Waals surface area contributed by atoms with Gasteiger partial charge in [0, 0.05) is 25.2 Å². The second-order valence-electron chi connectivity index (χ2n) is 6.20. The van der Waals surface area contributed by atoms with E-state index in [0.29, 0.717) is 6.54 Å². The van der Waals surface area contributed by atoms with Gasteiger partial charge in [0.05, 0.1) is 13.7 Å². The second kappa shape index (κ2) is 6.14. The van der Waals surface area contributed by atoms with E-state index in [-0.39, 0.29) is 6.03 Å². The summed E-state index contributed by atoms with van der Waals surface area (Å²) in [7, 11) is 1.66. The molecule has 0 fully saturated rings. The fourth-order valence-corrected chi connectivity index (χ4v) is 3.50. The molecular weight excluding hydrogens is 306 g/mol. The lowest BCUT2D eigenvalue weighted by molar-refractivity contribution is 0.245. The Kier molecular flexibility index (Phi) is 3.84. The van der Waals surface area contributed by atoms with Crippen molar-refractivity contribution in [1.82, 2.24) is 20.1 Å². The Hall–Kier alpha value is -2.57. The zero-order valence-corrected chi connectivity index (χ0v) is 13.8. The van der Waals surface area contributed by atoms with Crippen LogP contribution in [0, 0.1) is 0 Å². The summed E-state index contributed by atoms with van der Waals surface area (Å²) in [6.45, 7) is 2.08. The van der Waals surface area contributed by atoms with Gasteiger partial charge in [-0.15, -0.1) is 10.2 Å². The molecule has 0 spiro atoms. The monoisotopic (exact) mass is 327 g/mol. The summed E-state index contributed by atoms with van der Waals surface area (Å²) in [5.74, 6) is 2.69. The third kappa shape index (κ3) is 2.60. The van der Waals surface area contributed by atoms with Crippen LogP contribution >= 0.6 is 0 Å². The molecule has 2 amide bonds. The van der Waals surface area contributed by atoms with Gasteiger partial charge in [-0.3, -0.25) is 4.90 Å². The van der Waals surface area contributed by atoms with E-state index in [2.05, 4.69) is 20.1 Å². The lowest BCUT2D eigenvalue weighted by atomic mass is 10.0. The van der Waals surface area contributed by atoms with E-state index >= 15 is 0 Å². The van der Waals surface area contributed by atoms with Crippen LogP contribution in [-0.2, 0) is 25.9 Å². The van der Waals surface area contributed by atoms with E-state index in [9.17, 15) is 4.79 Å². The normalized spacial score (nSPS) is 15.8. The molecule has 0 unspecified atom stereocenters. The van der Waals surface area contributed by atoms with Crippen molar-refractivity contribution in [1.29, 1.82) is 0 Å². The molecule has 24 heavy (non-hydrogen) atoms. The first-order valence-electron chi connectivity index (χ1n) is 8.39. The SMILES string of the molecule is COc1ccc2c(c1)CCCN2C(=O)NCc1nnc2n1CCC2. The van der Waals surface area contributed by atoms with Crippen LogP contribution in [0.5, 0.6) is 5.75 Å². The zero-order chi connectivity index (χ0) is 16.5. The zero-order valence-electron chi connectivity index (χ0n) is 13.8. The summed E-state index contributed by atoms with van der Waals surface area (Å²) in [5, 5.41) is 11.3. The first-order valence-corrected chi connectivity index (χ1v) is 8.39. The molecule has 3 heterocycles. The Morgan fingerprint density at radius 1 is 1.25 bits per heavy atom. The maximum atomic E-state index is 12.6. The third-order valence-electron chi connectivity index (χ3n) is 4.73. The number of carbonyl (C=O) groups is 1. The summed E-state index contributed by atoms with van der Waals surface area (Å²) in [6, 6.07) is 5.79. The summed E-state index contributed by atoms with van der Waals surface area (Å²) in [5.41, 5.74) is 2.12. The van der Waals surface area contributed by atoms with Crippen molar-refractivity contribution in [3.8, 4) is 5.75 Å². The largest absolute Gasteiger partial charge is 0.497 e. The summed E-state index contributed by atoms with van der Waals surface area (Å²) in [6.07, 6.45) is 4.00. The lowest BCUT2D eigenvalue weighted by Gasteiger charge is -2.29. The summed E-state index contributed by atoms with van der Waals surface area (Å²) in [4.78, 5) is 14.4. The number of fused-ring (bicyclic) bond motifs is 2. The van der Waals surface area contributed by atoms with E-state index in [0.717, 1.165) is 67.4 Å². The fraction of sp³-hybridized carbons (Fsp3) is 0.471. The minimum atomic E-state index is -0.0866. The highest BCUT2D eigenvalue weighted by molar-refractivity contribution is 5.93. The van der Waals surface area contributed by atoms with Crippen molar-refractivity contribution in [2.45, 2.75) is 38.8 Å². The number of hydrogen-bond donors (Lipinski definition) is 1. The van der Waals surface area contributed by atoms with Crippen LogP contribution in [-0.4, -0.2) is 34.5 Å². The Morgan fingerprint density at radius 2 is 2.12 bits per heavy atom. The number of aromatic nitrogens is 3. The van der Waals surface area contributed by atoms with Crippen LogP contribution in [0.2, 0.25) is 0 Å². The van der Waals surface area contributed by atoms with Crippen LogP contribution in [0.4, 0.5) is 10.5 Å². The van der Waals surface area contributed by atoms with Gasteiger partial charge in [-0.25, -0.2) is 4.79 Å². The molecule has 7 heteroatoms. The van der Waals surface area contributed by atoms with E-state index in [1.165, 1.54) is 0 Å². The molecule has 1 aromatic carbocycles. The van der Waals surface area contributed by atoms with E-state index in [1.807, 2.05) is 18.2 Å². The topological polar surface area (TPSA) is 72.3 Å². The number of nitrogens with zero attached hydrogens (tertiary/aromatic N) is 4. The van der Waals surface area contributed by atoms with Crippen molar-refractivity contribution in [3.63, 3.8) is 0 Å². The molecule has 0 saturated heterocycles. The third-order valence-corrected chi connectivity index (χ3v) is 4.73. The van der Waals surface area contributed by atoms with Gasteiger partial charge in [0.1, 0.15) is 11.6 Å². The van der Waals surface area contributed by atoms with Gasteiger partial charge in [0.2, 0.25) is 0 Å². The maximum Gasteiger partial charge on any atom is 0.322 e. The van der Waals surface area contributed by atoms with Crippen LogP contribution < -0.4 is 15.0 Å². The van der Waals surface area contributed by atoms with Gasteiger partial charge in [-0.2, -0.15) is 0 Å². The second-order valence-corrected chi connectivity index (χ2v) is 6.20. The molecular formula is C17H21N5O2. The van der Waals surface area contributed by atoms with E-state index < -0.39 is 0 Å². The molecule has 126 valence electrons. The van der Waals surface area contributed by atoms with Gasteiger partial charge in [0.25, 0.3) is 0 Å². The molecule has 0 bridgehead atoms. The highest BCUT2D eigenvalue weighted by Crippen LogP contribution is 2.30. The molecule has 4 rings (SSSR count). The number of amides is 2. The van der Waals surface area contributed by atoms with Crippen LogP contribution in [0.15, 0.2) is 18.2 Å². The van der Waals surface area contributed by atoms with Gasteiger partial charge in [-0.05, 0) is 43.0 Å². The minimum Gasteiger partial charge on any atom is -0.497 e. The number of methoxy groups -OCH3 is 1. The average molecular weight is 327 g/mol. The first-order chi connectivity index (χ1) is 11.8. The van der Waals surface area contributed by atoms with Crippen molar-refractivity contribution < 1.29 is 9.53 Å². The molecule has 2 aliphatic heterocycles. The maximum absolute atomic E-state index is 12.6. The Balaban J connectivity index is 1.47. The van der Waals surface area contributed by atoms with Crippen molar-refractivity contribution in [2.75, 3.05) is 18.6 Å². The number of aryl methyl sites for hydroxylation is 2. The molecule has 0 atom stereocenters. The average Bonchev–Trinajstić information content (AvgIpc) is 3.22. The predicted octanol–water partition coefficient (Wildman–Crippen LogP) is 1.90. The number of ether oxygens (including phenoxy) is 1. The van der Waals surface area contributed by atoms with Gasteiger partial charge < -0.3 is 14.6 Å². The van der Waals surface area contributed by atoms with Crippen molar-refractivity contribution in [2.24, 2.45) is 0 Å². The van der Waals surface area contributed by atoms with Gasteiger partial charge >= 0.3 is 6.03 Å². The molecule has 0 radical (unpaired) electrons. The van der Waals surface area contributed by atoms with Crippen LogP contribution in [0.25, 0.3) is 0 Å².